The molecule has 1 saturated heterocycles. The normalized spacial score (nSPS) is 14.6. The summed E-state index contributed by atoms with van der Waals surface area (Å²) in [6, 6.07) is 15.8. The number of hydrogen-bond donors (Lipinski definition) is 1. The Morgan fingerprint density at radius 2 is 1.81 bits per heavy atom. The molecule has 0 saturated carbocycles. The van der Waals surface area contributed by atoms with E-state index in [0.717, 1.165) is 24.7 Å². The summed E-state index contributed by atoms with van der Waals surface area (Å²) in [7, 11) is 0. The number of imidazole rings is 1. The second-order valence-electron chi connectivity index (χ2n) is 9.64. The van der Waals surface area contributed by atoms with Gasteiger partial charge in [-0.05, 0) is 73.7 Å². The lowest BCUT2D eigenvalue weighted by atomic mass is 10.1. The van der Waals surface area contributed by atoms with Crippen LogP contribution in [0.1, 0.15) is 55.6 Å². The van der Waals surface area contributed by atoms with Crippen LogP contribution in [0.2, 0.25) is 0 Å². The van der Waals surface area contributed by atoms with Gasteiger partial charge >= 0.3 is 0 Å². The lowest BCUT2D eigenvalue weighted by molar-refractivity contribution is -0.121. The highest BCUT2D eigenvalue weighted by Gasteiger charge is 2.17. The Kier molecular flexibility index (Phi) is 7.44. The number of benzene rings is 2. The van der Waals surface area contributed by atoms with Gasteiger partial charge in [-0.3, -0.25) is 4.79 Å². The zero-order valence-electron chi connectivity index (χ0n) is 21.0. The predicted molar refractivity (Wildman–Crippen MR) is 140 cm³/mol. The van der Waals surface area contributed by atoms with Gasteiger partial charge in [0, 0.05) is 37.8 Å². The molecule has 1 atom stereocenters. The zero-order chi connectivity index (χ0) is 25.8. The van der Waals surface area contributed by atoms with E-state index in [2.05, 4.69) is 44.5 Å². The Morgan fingerprint density at radius 3 is 2.57 bits per heavy atom. The Hall–Kier alpha value is -3.81. The molecule has 5 rings (SSSR count). The molecule has 1 aliphatic rings. The molecule has 0 unspecified atom stereocenters. The van der Waals surface area contributed by atoms with Crippen LogP contribution in [0.3, 0.4) is 0 Å². The van der Waals surface area contributed by atoms with Crippen molar-refractivity contribution >= 4 is 22.8 Å². The number of halogens is 2. The van der Waals surface area contributed by atoms with Gasteiger partial charge in [0.15, 0.2) is 17.3 Å². The smallest absolute Gasteiger partial charge is 0.220 e. The summed E-state index contributed by atoms with van der Waals surface area (Å²) in [6.45, 7) is 4.46. The van der Waals surface area contributed by atoms with E-state index >= 15 is 0 Å². The SMILES string of the molecule is C[C@H](NC(=O)CCc1nc2cccnc2n1Cc1ccc(F)c(F)c1)c1ccc(N2CCCCC2)cc1. The molecule has 1 fully saturated rings. The van der Waals surface area contributed by atoms with E-state index in [1.54, 1.807) is 18.3 Å². The number of nitrogens with one attached hydrogen (secondary N) is 1. The Labute approximate surface area is 215 Å². The van der Waals surface area contributed by atoms with Gasteiger partial charge in [0.25, 0.3) is 0 Å². The monoisotopic (exact) mass is 503 g/mol. The summed E-state index contributed by atoms with van der Waals surface area (Å²) in [5, 5.41) is 3.09. The van der Waals surface area contributed by atoms with Gasteiger partial charge in [0.2, 0.25) is 5.91 Å². The molecule has 1 amide bonds. The topological polar surface area (TPSA) is 63.1 Å². The molecule has 2 aromatic carbocycles. The molecule has 0 aliphatic carbocycles. The maximum atomic E-state index is 13.8. The quantitative estimate of drug-likeness (QED) is 0.342. The van der Waals surface area contributed by atoms with Crippen molar-refractivity contribution in [1.82, 2.24) is 19.9 Å². The molecule has 4 aromatic rings. The first-order valence-corrected chi connectivity index (χ1v) is 12.9. The molecular weight excluding hydrogens is 472 g/mol. The Bertz CT molecular complexity index is 1380. The summed E-state index contributed by atoms with van der Waals surface area (Å²) >= 11 is 0. The summed E-state index contributed by atoms with van der Waals surface area (Å²) < 4.78 is 29.0. The van der Waals surface area contributed by atoms with Crippen LogP contribution in [-0.4, -0.2) is 33.5 Å². The number of carbonyl (C=O) groups excluding carboxylic acids is 1. The van der Waals surface area contributed by atoms with Crippen LogP contribution >= 0.6 is 0 Å². The standard InChI is InChI=1S/C29H31F2N5O/c1-20(22-8-10-23(11-9-22)35-16-3-2-4-17-35)33-28(37)14-13-27-34-26-6-5-15-32-29(26)36(27)19-21-7-12-24(30)25(31)18-21/h5-12,15,18,20H,2-4,13-14,16-17,19H2,1H3,(H,33,37)/t20-/m0/s1. The Balaban J connectivity index is 1.24. The van der Waals surface area contributed by atoms with E-state index in [4.69, 9.17) is 0 Å². The number of hydrogen-bond acceptors (Lipinski definition) is 4. The molecule has 37 heavy (non-hydrogen) atoms. The number of piperidine rings is 1. The number of fused-ring (bicyclic) bond motifs is 1. The molecule has 3 heterocycles. The van der Waals surface area contributed by atoms with E-state index < -0.39 is 11.6 Å². The fourth-order valence-corrected chi connectivity index (χ4v) is 4.93. The van der Waals surface area contributed by atoms with Gasteiger partial charge in [-0.2, -0.15) is 0 Å². The largest absolute Gasteiger partial charge is 0.372 e. The van der Waals surface area contributed by atoms with Crippen molar-refractivity contribution in [3.8, 4) is 0 Å². The summed E-state index contributed by atoms with van der Waals surface area (Å²) in [5.41, 5.74) is 4.23. The average Bonchev–Trinajstić information content (AvgIpc) is 3.27. The Morgan fingerprint density at radius 1 is 1.03 bits per heavy atom. The molecule has 1 aliphatic heterocycles. The first-order chi connectivity index (χ1) is 18.0. The van der Waals surface area contributed by atoms with Gasteiger partial charge in [-0.1, -0.05) is 18.2 Å². The average molecular weight is 504 g/mol. The van der Waals surface area contributed by atoms with Crippen molar-refractivity contribution < 1.29 is 13.6 Å². The number of anilines is 1. The number of aromatic nitrogens is 3. The summed E-state index contributed by atoms with van der Waals surface area (Å²) in [4.78, 5) is 24.3. The van der Waals surface area contributed by atoms with Gasteiger partial charge < -0.3 is 14.8 Å². The second-order valence-corrected chi connectivity index (χ2v) is 9.64. The third kappa shape index (κ3) is 5.79. The van der Waals surface area contributed by atoms with Crippen molar-refractivity contribution in [1.29, 1.82) is 0 Å². The molecule has 0 bridgehead atoms. The van der Waals surface area contributed by atoms with Gasteiger partial charge in [0.1, 0.15) is 11.3 Å². The van der Waals surface area contributed by atoms with Gasteiger partial charge in [-0.15, -0.1) is 0 Å². The summed E-state index contributed by atoms with van der Waals surface area (Å²) in [6.07, 6.45) is 6.08. The number of amides is 1. The van der Waals surface area contributed by atoms with Crippen LogP contribution in [0.4, 0.5) is 14.5 Å². The molecule has 8 heteroatoms. The number of aryl methyl sites for hydroxylation is 1. The van der Waals surface area contributed by atoms with Crippen LogP contribution < -0.4 is 10.2 Å². The van der Waals surface area contributed by atoms with Crippen LogP contribution in [0, 0.1) is 11.6 Å². The van der Waals surface area contributed by atoms with E-state index in [1.807, 2.05) is 17.6 Å². The maximum Gasteiger partial charge on any atom is 0.220 e. The molecule has 2 aromatic heterocycles. The van der Waals surface area contributed by atoms with E-state index in [9.17, 15) is 13.6 Å². The van der Waals surface area contributed by atoms with E-state index in [0.29, 0.717) is 29.0 Å². The molecule has 0 radical (unpaired) electrons. The van der Waals surface area contributed by atoms with E-state index in [-0.39, 0.29) is 24.9 Å². The molecular formula is C29H31F2N5O. The van der Waals surface area contributed by atoms with Gasteiger partial charge in [0.05, 0.1) is 12.6 Å². The number of nitrogens with zero attached hydrogens (tertiary/aromatic N) is 4. The lowest BCUT2D eigenvalue weighted by Gasteiger charge is -2.29. The third-order valence-corrected chi connectivity index (χ3v) is 6.97. The minimum absolute atomic E-state index is 0.0769. The van der Waals surface area contributed by atoms with Crippen LogP contribution in [0.25, 0.3) is 11.2 Å². The predicted octanol–water partition coefficient (Wildman–Crippen LogP) is 5.56. The van der Waals surface area contributed by atoms with Crippen molar-refractivity contribution in [2.45, 2.75) is 51.6 Å². The second kappa shape index (κ2) is 11.1. The van der Waals surface area contributed by atoms with Crippen molar-refractivity contribution in [3.63, 3.8) is 0 Å². The van der Waals surface area contributed by atoms with Crippen molar-refractivity contribution in [3.05, 3.63) is 89.4 Å². The maximum absolute atomic E-state index is 13.8. The lowest BCUT2D eigenvalue weighted by Crippen LogP contribution is -2.29. The first-order valence-electron chi connectivity index (χ1n) is 12.9. The van der Waals surface area contributed by atoms with Crippen molar-refractivity contribution in [2.24, 2.45) is 0 Å². The van der Waals surface area contributed by atoms with E-state index in [1.165, 1.54) is 31.0 Å². The highest BCUT2D eigenvalue weighted by atomic mass is 19.2. The number of pyridine rings is 1. The van der Waals surface area contributed by atoms with Gasteiger partial charge in [-0.25, -0.2) is 18.7 Å². The minimum atomic E-state index is -0.895. The molecule has 1 N–H and O–H groups in total. The fraction of sp³-hybridized carbons (Fsp3) is 0.345. The number of rotatable bonds is 8. The summed E-state index contributed by atoms with van der Waals surface area (Å²) in [5.74, 6) is -1.18. The number of carbonyl (C=O) groups is 1. The highest BCUT2D eigenvalue weighted by molar-refractivity contribution is 5.77. The first kappa shape index (κ1) is 24.9. The zero-order valence-corrected chi connectivity index (χ0v) is 21.0. The van der Waals surface area contributed by atoms with Crippen LogP contribution in [-0.2, 0) is 17.8 Å². The molecule has 0 spiro atoms. The molecule has 6 nitrogen and oxygen atoms in total. The van der Waals surface area contributed by atoms with Crippen LogP contribution in [0.5, 0.6) is 0 Å². The van der Waals surface area contributed by atoms with Crippen molar-refractivity contribution in [2.75, 3.05) is 18.0 Å². The highest BCUT2D eigenvalue weighted by Crippen LogP contribution is 2.23. The van der Waals surface area contributed by atoms with Crippen LogP contribution in [0.15, 0.2) is 60.8 Å². The minimum Gasteiger partial charge on any atom is -0.372 e. The fourth-order valence-electron chi connectivity index (χ4n) is 4.93. The molecule has 192 valence electrons. The third-order valence-electron chi connectivity index (χ3n) is 6.97.